The molecule has 0 unspecified atom stereocenters. The van der Waals surface area contributed by atoms with Gasteiger partial charge in [0.1, 0.15) is 17.5 Å². The molecule has 31 heavy (non-hydrogen) atoms. The second-order valence-electron chi connectivity index (χ2n) is 8.60. The van der Waals surface area contributed by atoms with Crippen molar-refractivity contribution < 1.29 is 33.8 Å². The zero-order valence-corrected chi connectivity index (χ0v) is 18.2. The van der Waals surface area contributed by atoms with Crippen molar-refractivity contribution in [3.63, 3.8) is 0 Å². The molecule has 1 heterocycles. The highest BCUT2D eigenvalue weighted by Crippen LogP contribution is 2.29. The van der Waals surface area contributed by atoms with Gasteiger partial charge in [0, 0.05) is 17.1 Å². The number of aromatic nitrogens is 1. The van der Waals surface area contributed by atoms with Crippen molar-refractivity contribution in [2.45, 2.75) is 52.7 Å². The second kappa shape index (κ2) is 8.58. The number of imide groups is 1. The number of hydrogen-bond acceptors (Lipinski definition) is 7. The third kappa shape index (κ3) is 5.91. The number of anilines is 1. The Morgan fingerprint density at radius 1 is 0.968 bits per heavy atom. The predicted molar refractivity (Wildman–Crippen MR) is 112 cm³/mol. The summed E-state index contributed by atoms with van der Waals surface area (Å²) in [5.41, 5.74) is -1.66. The maximum atomic E-state index is 13.0. The van der Waals surface area contributed by atoms with Crippen molar-refractivity contribution >= 4 is 41.2 Å². The highest BCUT2D eigenvalue weighted by molar-refractivity contribution is 6.05. The third-order valence-corrected chi connectivity index (χ3v) is 3.62. The number of carbonyl (C=O) groups excluding carboxylic acids is 3. The number of pyridine rings is 1. The van der Waals surface area contributed by atoms with Gasteiger partial charge in [0.05, 0.1) is 0 Å². The molecule has 10 nitrogen and oxygen atoms in total. The maximum Gasteiger partial charge on any atom is 0.440 e. The Hall–Kier alpha value is -3.69. The molecule has 0 saturated carbocycles. The summed E-state index contributed by atoms with van der Waals surface area (Å²) in [4.78, 5) is 53.0. The fraction of sp³-hybridized carbons (Fsp3) is 0.381. The van der Waals surface area contributed by atoms with Crippen LogP contribution >= 0.6 is 0 Å². The van der Waals surface area contributed by atoms with Crippen LogP contribution < -0.4 is 5.01 Å². The van der Waals surface area contributed by atoms with E-state index in [2.05, 4.69) is 4.98 Å². The van der Waals surface area contributed by atoms with Crippen LogP contribution in [0, 0.1) is 0 Å². The number of hydrazine groups is 1. The van der Waals surface area contributed by atoms with E-state index in [0.29, 0.717) is 27.6 Å². The Morgan fingerprint density at radius 2 is 1.55 bits per heavy atom. The number of fused-ring (bicyclic) bond motifs is 1. The van der Waals surface area contributed by atoms with Gasteiger partial charge in [0.15, 0.2) is 5.82 Å². The Bertz CT molecular complexity index is 1020. The lowest BCUT2D eigenvalue weighted by atomic mass is 10.1. The van der Waals surface area contributed by atoms with Crippen LogP contribution in [0.15, 0.2) is 30.5 Å². The van der Waals surface area contributed by atoms with Crippen LogP contribution in [0.3, 0.4) is 0 Å². The lowest BCUT2D eigenvalue weighted by Gasteiger charge is -2.33. The van der Waals surface area contributed by atoms with Crippen LogP contribution in [-0.4, -0.2) is 50.9 Å². The van der Waals surface area contributed by atoms with Gasteiger partial charge < -0.3 is 14.6 Å². The number of hydrogen-bond donors (Lipinski definition) is 1. The summed E-state index contributed by atoms with van der Waals surface area (Å²) in [7, 11) is 0. The van der Waals surface area contributed by atoms with Crippen LogP contribution in [0.4, 0.5) is 20.2 Å². The zero-order chi connectivity index (χ0) is 23.6. The number of aldehydes is 1. The second-order valence-corrected chi connectivity index (χ2v) is 8.60. The summed E-state index contributed by atoms with van der Waals surface area (Å²) in [6.45, 7) is 9.44. The van der Waals surface area contributed by atoms with Crippen LogP contribution in [0.25, 0.3) is 10.8 Å². The van der Waals surface area contributed by atoms with Crippen molar-refractivity contribution in [3.8, 4) is 0 Å². The van der Waals surface area contributed by atoms with Crippen molar-refractivity contribution in [2.75, 3.05) is 5.01 Å². The number of amides is 3. The average molecular weight is 431 g/mol. The van der Waals surface area contributed by atoms with Gasteiger partial charge in [0.25, 0.3) is 0 Å². The van der Waals surface area contributed by atoms with E-state index in [9.17, 15) is 24.3 Å². The molecule has 10 heteroatoms. The van der Waals surface area contributed by atoms with Gasteiger partial charge in [-0.15, -0.1) is 5.01 Å². The smallest absolute Gasteiger partial charge is 0.440 e. The monoisotopic (exact) mass is 431 g/mol. The highest BCUT2D eigenvalue weighted by Gasteiger charge is 2.40. The minimum absolute atomic E-state index is 0.106. The van der Waals surface area contributed by atoms with Gasteiger partial charge in [-0.2, -0.15) is 5.01 Å². The quantitative estimate of drug-likeness (QED) is 0.539. The topological polar surface area (TPSA) is 126 Å². The maximum absolute atomic E-state index is 13.0. The summed E-state index contributed by atoms with van der Waals surface area (Å²) < 4.78 is 10.5. The molecule has 0 spiro atoms. The van der Waals surface area contributed by atoms with E-state index in [1.807, 2.05) is 0 Å². The van der Waals surface area contributed by atoms with E-state index in [-0.39, 0.29) is 10.8 Å². The third-order valence-electron chi connectivity index (χ3n) is 3.62. The van der Waals surface area contributed by atoms with E-state index < -0.39 is 29.5 Å². The van der Waals surface area contributed by atoms with Crippen LogP contribution in [0.1, 0.15) is 51.9 Å². The summed E-state index contributed by atoms with van der Waals surface area (Å²) in [5.74, 6) is -0.183. The predicted octanol–water partition coefficient (Wildman–Crippen LogP) is 4.62. The van der Waals surface area contributed by atoms with Crippen molar-refractivity contribution in [2.24, 2.45) is 0 Å². The van der Waals surface area contributed by atoms with Gasteiger partial charge >= 0.3 is 18.3 Å². The van der Waals surface area contributed by atoms with E-state index in [0.717, 1.165) is 0 Å². The van der Waals surface area contributed by atoms with Crippen molar-refractivity contribution in [1.82, 2.24) is 9.99 Å². The standard InChI is InChI=1S/C21H25N3O7/c1-20(2,3)30-18(28)23(24(17(26)27)19(29)31-21(4,5)6)16-15-8-7-13(12-25)11-14(15)9-10-22-16/h7-12H,1-6H3,(H,26,27). The summed E-state index contributed by atoms with van der Waals surface area (Å²) in [5, 5.41) is 11.2. The fourth-order valence-electron chi connectivity index (χ4n) is 2.54. The lowest BCUT2D eigenvalue weighted by Crippen LogP contribution is -2.55. The Labute approximate surface area is 179 Å². The number of ether oxygens (including phenoxy) is 2. The number of benzene rings is 1. The first-order chi connectivity index (χ1) is 14.2. The summed E-state index contributed by atoms with van der Waals surface area (Å²) in [6, 6.07) is 6.09. The normalized spacial score (nSPS) is 11.5. The van der Waals surface area contributed by atoms with Crippen molar-refractivity contribution in [1.29, 1.82) is 0 Å². The van der Waals surface area contributed by atoms with Crippen LogP contribution in [0.2, 0.25) is 0 Å². The number of carboxylic acid groups (broad SMARTS) is 1. The molecule has 1 N–H and O–H groups in total. The van der Waals surface area contributed by atoms with Crippen LogP contribution in [0.5, 0.6) is 0 Å². The molecule has 0 aliphatic heterocycles. The molecular weight excluding hydrogens is 406 g/mol. The lowest BCUT2D eigenvalue weighted by molar-refractivity contribution is 0.0153. The molecular formula is C21H25N3O7. The average Bonchev–Trinajstić information content (AvgIpc) is 2.61. The largest absolute Gasteiger partial charge is 0.463 e. The fourth-order valence-corrected chi connectivity index (χ4v) is 2.54. The molecule has 166 valence electrons. The first-order valence-electron chi connectivity index (χ1n) is 9.36. The molecule has 2 aromatic rings. The molecule has 2 rings (SSSR count). The Kier molecular flexibility index (Phi) is 6.53. The van der Waals surface area contributed by atoms with E-state index in [1.54, 1.807) is 53.7 Å². The molecule has 3 amide bonds. The minimum Gasteiger partial charge on any atom is -0.463 e. The summed E-state index contributed by atoms with van der Waals surface area (Å²) in [6.07, 6.45) is -2.27. The van der Waals surface area contributed by atoms with E-state index in [4.69, 9.17) is 9.47 Å². The van der Waals surface area contributed by atoms with Gasteiger partial charge in [-0.05, 0) is 65.1 Å². The molecule has 0 aliphatic carbocycles. The van der Waals surface area contributed by atoms with Gasteiger partial charge in [-0.1, -0.05) is 6.07 Å². The van der Waals surface area contributed by atoms with E-state index >= 15 is 0 Å². The van der Waals surface area contributed by atoms with Gasteiger partial charge in [-0.3, -0.25) is 4.79 Å². The first-order valence-corrected chi connectivity index (χ1v) is 9.36. The highest BCUT2D eigenvalue weighted by atomic mass is 16.6. The number of nitrogens with zero attached hydrogens (tertiary/aromatic N) is 3. The number of rotatable bonds is 2. The number of carbonyl (C=O) groups is 4. The molecule has 0 fully saturated rings. The molecule has 0 atom stereocenters. The molecule has 0 radical (unpaired) electrons. The SMILES string of the molecule is CC(C)(C)OC(=O)N(C(=O)O)N(C(=O)OC(C)(C)C)c1nccc2cc(C=O)ccc12. The molecule has 0 saturated heterocycles. The first kappa shape index (κ1) is 23.6. The Balaban J connectivity index is 2.72. The molecule has 1 aromatic heterocycles. The molecule has 0 aliphatic rings. The Morgan fingerprint density at radius 3 is 2.06 bits per heavy atom. The molecule has 0 bridgehead atoms. The van der Waals surface area contributed by atoms with Crippen LogP contribution in [-0.2, 0) is 9.47 Å². The summed E-state index contributed by atoms with van der Waals surface area (Å²) >= 11 is 0. The van der Waals surface area contributed by atoms with Crippen molar-refractivity contribution in [3.05, 3.63) is 36.0 Å². The molecule has 1 aromatic carbocycles. The zero-order valence-electron chi connectivity index (χ0n) is 18.2. The van der Waals surface area contributed by atoms with E-state index in [1.165, 1.54) is 18.3 Å². The van der Waals surface area contributed by atoms with Gasteiger partial charge in [-0.25, -0.2) is 19.4 Å². The van der Waals surface area contributed by atoms with Gasteiger partial charge in [0.2, 0.25) is 0 Å². The minimum atomic E-state index is -1.77.